The Morgan fingerprint density at radius 2 is 1.66 bits per heavy atom. The van der Waals surface area contributed by atoms with Crippen LogP contribution in [0.1, 0.15) is 11.3 Å². The molecule has 2 aromatic heterocycles. The van der Waals surface area contributed by atoms with Crippen molar-refractivity contribution < 1.29 is 0 Å². The molecule has 3 aromatic carbocycles. The lowest BCUT2D eigenvalue weighted by Gasteiger charge is -2.13. The van der Waals surface area contributed by atoms with E-state index in [1.807, 2.05) is 66.7 Å². The number of aromatic nitrogens is 3. The first kappa shape index (κ1) is 20.9. The van der Waals surface area contributed by atoms with E-state index in [1.165, 1.54) is 11.8 Å². The minimum atomic E-state index is -0.0451. The number of hydrogen-bond donors (Lipinski definition) is 0. The van der Waals surface area contributed by atoms with Crippen molar-refractivity contribution in [3.8, 4) is 10.6 Å². The van der Waals surface area contributed by atoms with Crippen molar-refractivity contribution >= 4 is 45.6 Å². The average Bonchev–Trinajstić information content (AvgIpc) is 3.31. The molecule has 0 aliphatic carbocycles. The quantitative estimate of drug-likeness (QED) is 0.207. The van der Waals surface area contributed by atoms with E-state index in [1.54, 1.807) is 15.9 Å². The first-order valence-corrected chi connectivity index (χ1v) is 12.3. The molecule has 4 nitrogen and oxygen atoms in total. The largest absolute Gasteiger partial charge is 0.283 e. The molecule has 158 valence electrons. The number of benzene rings is 3. The average molecular weight is 476 g/mol. The summed E-state index contributed by atoms with van der Waals surface area (Å²) in [6, 6.07) is 25.2. The molecule has 0 fully saturated rings. The molecule has 0 N–H and O–H groups in total. The van der Waals surface area contributed by atoms with Gasteiger partial charge in [-0.25, -0.2) is 9.97 Å². The second-order valence-corrected chi connectivity index (χ2v) is 9.47. The van der Waals surface area contributed by atoms with E-state index < -0.39 is 0 Å². The van der Waals surface area contributed by atoms with Gasteiger partial charge in [0.05, 0.1) is 23.1 Å². The van der Waals surface area contributed by atoms with Crippen LogP contribution in [0.5, 0.6) is 0 Å². The van der Waals surface area contributed by atoms with Gasteiger partial charge in [-0.15, -0.1) is 11.3 Å². The number of hydrogen-bond acceptors (Lipinski definition) is 5. The normalized spacial score (nSPS) is 11.2. The third kappa shape index (κ3) is 4.48. The molecule has 0 bridgehead atoms. The molecule has 7 heteroatoms. The first-order chi connectivity index (χ1) is 15.7. The van der Waals surface area contributed by atoms with Crippen LogP contribution < -0.4 is 5.56 Å². The maximum atomic E-state index is 13.3. The van der Waals surface area contributed by atoms with Gasteiger partial charge in [-0.3, -0.25) is 9.36 Å². The zero-order chi connectivity index (χ0) is 21.9. The van der Waals surface area contributed by atoms with Gasteiger partial charge in [0.15, 0.2) is 5.16 Å². The van der Waals surface area contributed by atoms with Crippen molar-refractivity contribution in [2.45, 2.75) is 17.5 Å². The van der Waals surface area contributed by atoms with E-state index in [0.717, 1.165) is 21.8 Å². The predicted octanol–water partition coefficient (Wildman–Crippen LogP) is 6.51. The SMILES string of the molecule is O=c1c2ccccc2nc(SCc2csc(-c3ccccc3)n2)n1Cc1ccc(Cl)cc1. The number of para-hydroxylation sites is 1. The summed E-state index contributed by atoms with van der Waals surface area (Å²) >= 11 is 9.18. The summed E-state index contributed by atoms with van der Waals surface area (Å²) in [5.41, 5.74) is 3.74. The third-order valence-electron chi connectivity index (χ3n) is 5.00. The Bertz CT molecular complexity index is 1430. The molecule has 0 saturated carbocycles. The summed E-state index contributed by atoms with van der Waals surface area (Å²) in [6.45, 7) is 0.433. The van der Waals surface area contributed by atoms with E-state index in [9.17, 15) is 4.79 Å². The van der Waals surface area contributed by atoms with Gasteiger partial charge >= 0.3 is 0 Å². The molecule has 0 aliphatic rings. The van der Waals surface area contributed by atoms with Crippen LogP contribution in [0.3, 0.4) is 0 Å². The molecule has 5 aromatic rings. The number of nitrogens with zero attached hydrogens (tertiary/aromatic N) is 3. The Morgan fingerprint density at radius 3 is 2.47 bits per heavy atom. The smallest absolute Gasteiger partial charge is 0.262 e. The molecule has 5 rings (SSSR count). The second-order valence-electron chi connectivity index (χ2n) is 7.23. The monoisotopic (exact) mass is 475 g/mol. The van der Waals surface area contributed by atoms with Gasteiger partial charge in [-0.05, 0) is 29.8 Å². The topological polar surface area (TPSA) is 47.8 Å². The molecule has 0 atom stereocenters. The van der Waals surface area contributed by atoms with Gasteiger partial charge < -0.3 is 0 Å². The Hall–Kier alpha value is -2.93. The molecule has 0 aliphatic heterocycles. The third-order valence-corrected chi connectivity index (χ3v) is 7.20. The van der Waals surface area contributed by atoms with Crippen LogP contribution in [-0.4, -0.2) is 14.5 Å². The van der Waals surface area contributed by atoms with Crippen molar-refractivity contribution in [2.24, 2.45) is 0 Å². The summed E-state index contributed by atoms with van der Waals surface area (Å²) < 4.78 is 1.74. The highest BCUT2D eigenvalue weighted by Crippen LogP contribution is 2.28. The number of thiazole rings is 1. The fourth-order valence-corrected chi connectivity index (χ4v) is 5.34. The minimum Gasteiger partial charge on any atom is -0.283 e. The molecule has 2 heterocycles. The number of rotatable bonds is 6. The highest BCUT2D eigenvalue weighted by Gasteiger charge is 2.13. The molecular weight excluding hydrogens is 458 g/mol. The number of thioether (sulfide) groups is 1. The van der Waals surface area contributed by atoms with Crippen LogP contribution in [-0.2, 0) is 12.3 Å². The molecular formula is C25H18ClN3OS2. The highest BCUT2D eigenvalue weighted by atomic mass is 35.5. The standard InChI is InChI=1S/C25H18ClN3OS2/c26-19-12-10-17(11-13-19)14-29-24(30)21-8-4-5-9-22(21)28-25(29)32-16-20-15-31-23(27-20)18-6-2-1-3-7-18/h1-13,15H,14,16H2. The maximum absolute atomic E-state index is 13.3. The lowest BCUT2D eigenvalue weighted by molar-refractivity contribution is 0.658. The summed E-state index contributed by atoms with van der Waals surface area (Å²) in [6.07, 6.45) is 0. The molecule has 0 amide bonds. The van der Waals surface area contributed by atoms with Crippen LogP contribution in [0.4, 0.5) is 0 Å². The van der Waals surface area contributed by atoms with Crippen molar-refractivity contribution in [1.29, 1.82) is 0 Å². The highest BCUT2D eigenvalue weighted by molar-refractivity contribution is 7.98. The fourth-order valence-electron chi connectivity index (χ4n) is 3.39. The molecule has 0 saturated heterocycles. The number of fused-ring (bicyclic) bond motifs is 1. The summed E-state index contributed by atoms with van der Waals surface area (Å²) in [5, 5.41) is 5.03. The zero-order valence-electron chi connectivity index (χ0n) is 16.9. The summed E-state index contributed by atoms with van der Waals surface area (Å²) in [7, 11) is 0. The molecule has 0 radical (unpaired) electrons. The van der Waals surface area contributed by atoms with E-state index in [4.69, 9.17) is 21.6 Å². The zero-order valence-corrected chi connectivity index (χ0v) is 19.3. The maximum Gasteiger partial charge on any atom is 0.262 e. The predicted molar refractivity (Wildman–Crippen MR) is 134 cm³/mol. The Kier molecular flexibility index (Phi) is 6.08. The van der Waals surface area contributed by atoms with Crippen molar-refractivity contribution in [3.63, 3.8) is 0 Å². The second kappa shape index (κ2) is 9.28. The van der Waals surface area contributed by atoms with Crippen molar-refractivity contribution in [1.82, 2.24) is 14.5 Å². The molecule has 0 unspecified atom stereocenters. The molecule has 32 heavy (non-hydrogen) atoms. The van der Waals surface area contributed by atoms with Crippen LogP contribution in [0.25, 0.3) is 21.5 Å². The molecule has 0 spiro atoms. The van der Waals surface area contributed by atoms with Gasteiger partial charge in [0, 0.05) is 21.7 Å². The van der Waals surface area contributed by atoms with E-state index in [0.29, 0.717) is 33.4 Å². The fraction of sp³-hybridized carbons (Fsp3) is 0.0800. The first-order valence-electron chi connectivity index (χ1n) is 10.0. The van der Waals surface area contributed by atoms with Crippen molar-refractivity contribution in [2.75, 3.05) is 0 Å². The van der Waals surface area contributed by atoms with Crippen LogP contribution in [0, 0.1) is 0 Å². The van der Waals surface area contributed by atoms with E-state index >= 15 is 0 Å². The Balaban J connectivity index is 1.46. The van der Waals surface area contributed by atoms with Gasteiger partial charge in [0.25, 0.3) is 5.56 Å². The van der Waals surface area contributed by atoms with Crippen molar-refractivity contribution in [3.05, 3.63) is 111 Å². The van der Waals surface area contributed by atoms with Crippen LogP contribution >= 0.6 is 34.7 Å². The number of halogens is 1. The van der Waals surface area contributed by atoms with E-state index in [2.05, 4.69) is 17.5 Å². The minimum absolute atomic E-state index is 0.0451. The lowest BCUT2D eigenvalue weighted by atomic mass is 10.2. The van der Waals surface area contributed by atoms with E-state index in [-0.39, 0.29) is 5.56 Å². The summed E-state index contributed by atoms with van der Waals surface area (Å²) in [4.78, 5) is 22.9. The Labute approximate surface area is 198 Å². The summed E-state index contributed by atoms with van der Waals surface area (Å²) in [5.74, 6) is 0.634. The van der Waals surface area contributed by atoms with Gasteiger partial charge in [0.1, 0.15) is 5.01 Å². The lowest BCUT2D eigenvalue weighted by Crippen LogP contribution is -2.24. The van der Waals surface area contributed by atoms with Crippen LogP contribution in [0.2, 0.25) is 5.02 Å². The van der Waals surface area contributed by atoms with Crippen LogP contribution in [0.15, 0.2) is 94.2 Å². The van der Waals surface area contributed by atoms with Gasteiger partial charge in [-0.2, -0.15) is 0 Å². The Morgan fingerprint density at radius 1 is 0.906 bits per heavy atom. The van der Waals surface area contributed by atoms with Gasteiger partial charge in [0.2, 0.25) is 0 Å². The van der Waals surface area contributed by atoms with Gasteiger partial charge in [-0.1, -0.05) is 78.0 Å².